The molecule has 0 aliphatic heterocycles. The molecule has 3 aromatic heterocycles. The Morgan fingerprint density at radius 2 is 1.21 bits per heavy atom. The van der Waals surface area contributed by atoms with Crippen molar-refractivity contribution in [3.05, 3.63) is 72.5 Å². The third-order valence-electron chi connectivity index (χ3n) is 10.5. The molecule has 0 radical (unpaired) electrons. The summed E-state index contributed by atoms with van der Waals surface area (Å²) in [7, 11) is 0. The van der Waals surface area contributed by atoms with Gasteiger partial charge in [0.05, 0.1) is 43.0 Å². The Bertz CT molecular complexity index is 2350. The van der Waals surface area contributed by atoms with E-state index in [1.54, 1.807) is 40.0 Å². The number of carbonyl (C=O) groups excluding carboxylic acids is 8. The first-order valence-corrected chi connectivity index (χ1v) is 21.6. The highest BCUT2D eigenvalue weighted by Gasteiger charge is 2.33. The molecule has 24 nitrogen and oxygen atoms in total. The molecule has 4 rings (SSSR count). The molecule has 3 heterocycles. The maximum Gasteiger partial charge on any atom is 0.326 e. The van der Waals surface area contributed by atoms with Crippen LogP contribution < -0.4 is 48.7 Å². The van der Waals surface area contributed by atoms with E-state index in [2.05, 4.69) is 62.1 Å². The quantitative estimate of drug-likeness (QED) is 0.0315. The Hall–Kier alpha value is -7.63. The second kappa shape index (κ2) is 24.6. The van der Waals surface area contributed by atoms with Crippen LogP contribution in [-0.4, -0.2) is 132 Å². The summed E-state index contributed by atoms with van der Waals surface area (Å²) >= 11 is 0. The van der Waals surface area contributed by atoms with Crippen LogP contribution in [0.5, 0.6) is 0 Å². The maximum atomic E-state index is 14.1. The molecule has 0 bridgehead atoms. The molecule has 0 aliphatic carbocycles. The number of carbonyl (C=O) groups is 9. The summed E-state index contributed by atoms with van der Waals surface area (Å²) in [4.78, 5) is 135. The molecule has 67 heavy (non-hydrogen) atoms. The van der Waals surface area contributed by atoms with Crippen LogP contribution >= 0.6 is 0 Å². The Morgan fingerprint density at radius 3 is 1.76 bits per heavy atom. The van der Waals surface area contributed by atoms with Crippen molar-refractivity contribution in [2.45, 2.75) is 109 Å². The normalized spacial score (nSPS) is 14.4. The van der Waals surface area contributed by atoms with Gasteiger partial charge in [0.15, 0.2) is 0 Å². The van der Waals surface area contributed by atoms with Crippen molar-refractivity contribution in [2.24, 2.45) is 23.3 Å². The van der Waals surface area contributed by atoms with E-state index in [0.29, 0.717) is 17.0 Å². The fraction of sp³-hybridized carbons (Fsp3) is 0.465. The number of primary amides is 1. The number of aromatic nitrogens is 5. The van der Waals surface area contributed by atoms with Gasteiger partial charge in [-0.05, 0) is 36.8 Å². The molecule has 4 aromatic rings. The van der Waals surface area contributed by atoms with Crippen LogP contribution in [0.4, 0.5) is 0 Å². The highest BCUT2D eigenvalue weighted by atomic mass is 16.4. The van der Waals surface area contributed by atoms with Gasteiger partial charge in [-0.1, -0.05) is 45.9 Å². The Morgan fingerprint density at radius 1 is 0.657 bits per heavy atom. The van der Waals surface area contributed by atoms with E-state index in [1.165, 1.54) is 32.0 Å². The van der Waals surface area contributed by atoms with Gasteiger partial charge in [0, 0.05) is 48.8 Å². The molecule has 0 aliphatic rings. The number of nitrogens with zero attached hydrogens (tertiary/aromatic N) is 2. The molecule has 8 amide bonds. The van der Waals surface area contributed by atoms with Crippen molar-refractivity contribution in [1.82, 2.24) is 62.1 Å². The largest absolute Gasteiger partial charge is 0.480 e. The molecule has 15 N–H and O–H groups in total. The van der Waals surface area contributed by atoms with E-state index >= 15 is 0 Å². The number of imidazole rings is 2. The SMILES string of the molecule is CC(C)CC(NC(=O)C(Cc1c[nH]cn1)NC(=O)CNC(=O)C(NC(=O)C(C)NC(=O)C(Cc1c[nH]c2ccccc12)NC(=O)C(Cc1c[nH]cn1)NC(=O)C(N)CC(N)=O)C(C)C)C(=O)O. The zero-order valence-electron chi connectivity index (χ0n) is 37.8. The second-order valence-corrected chi connectivity index (χ2v) is 16.8. The molecule has 24 heteroatoms. The van der Waals surface area contributed by atoms with Gasteiger partial charge in [0.1, 0.15) is 36.3 Å². The third-order valence-corrected chi connectivity index (χ3v) is 10.5. The van der Waals surface area contributed by atoms with Gasteiger partial charge in [-0.15, -0.1) is 0 Å². The lowest BCUT2D eigenvalue weighted by Crippen LogP contribution is -2.60. The molecule has 0 saturated heterocycles. The molecule has 7 atom stereocenters. The summed E-state index contributed by atoms with van der Waals surface area (Å²) in [5.41, 5.74) is 13.2. The van der Waals surface area contributed by atoms with Crippen molar-refractivity contribution in [1.29, 1.82) is 0 Å². The van der Waals surface area contributed by atoms with Crippen molar-refractivity contribution >= 4 is 64.1 Å². The number of H-pyrrole nitrogens is 3. The number of aliphatic carboxylic acids is 1. The highest BCUT2D eigenvalue weighted by Crippen LogP contribution is 2.20. The Kier molecular flexibility index (Phi) is 19.1. The number of hydrogen-bond acceptors (Lipinski definition) is 12. The number of hydrogen-bond donors (Lipinski definition) is 13. The molecule has 0 fully saturated rings. The Labute approximate surface area is 385 Å². The maximum absolute atomic E-state index is 14.1. The van der Waals surface area contributed by atoms with E-state index < -0.39 is 114 Å². The first-order valence-electron chi connectivity index (χ1n) is 21.6. The summed E-state index contributed by atoms with van der Waals surface area (Å²) in [6.07, 6.45) is 6.74. The predicted octanol–water partition coefficient (Wildman–Crippen LogP) is -2.32. The molecular formula is C43H60N14O10. The van der Waals surface area contributed by atoms with E-state index in [-0.39, 0.29) is 31.6 Å². The number of rotatable bonds is 26. The molecular weight excluding hydrogens is 873 g/mol. The summed E-state index contributed by atoms with van der Waals surface area (Å²) in [5, 5.41) is 28.2. The number of aromatic amines is 3. The number of amides is 8. The van der Waals surface area contributed by atoms with Crippen molar-refractivity contribution in [2.75, 3.05) is 6.54 Å². The van der Waals surface area contributed by atoms with Gasteiger partial charge < -0.3 is 68.7 Å². The number of fused-ring (bicyclic) bond motifs is 1. The highest BCUT2D eigenvalue weighted by molar-refractivity contribution is 5.98. The molecule has 1 aromatic carbocycles. The third kappa shape index (κ3) is 16.1. The second-order valence-electron chi connectivity index (χ2n) is 16.8. The number of carboxylic acids is 1. The van der Waals surface area contributed by atoms with Crippen molar-refractivity contribution in [3.8, 4) is 0 Å². The van der Waals surface area contributed by atoms with Gasteiger partial charge in [0.25, 0.3) is 0 Å². The molecule has 7 unspecified atom stereocenters. The molecule has 0 spiro atoms. The van der Waals surface area contributed by atoms with Crippen LogP contribution in [0, 0.1) is 11.8 Å². The van der Waals surface area contributed by atoms with Crippen LogP contribution in [0.25, 0.3) is 10.9 Å². The smallest absolute Gasteiger partial charge is 0.326 e. The zero-order valence-corrected chi connectivity index (χ0v) is 37.8. The van der Waals surface area contributed by atoms with Gasteiger partial charge >= 0.3 is 5.97 Å². The number of carboxylic acid groups (broad SMARTS) is 1. The fourth-order valence-electron chi connectivity index (χ4n) is 6.91. The number of benzene rings is 1. The standard InChI is InChI=1S/C43H60N14O10/c1-21(2)10-33(43(66)67)56-40(63)31(12-25-16-46-19-50-25)53-35(59)18-49-42(65)36(22(3)4)57-37(60)23(5)52-39(62)30(11-24-15-48-29-9-7-6-8-27(24)29)55-41(64)32(13-26-17-47-20-51-26)54-38(61)28(44)14-34(45)58/h6-9,15-17,19-23,28,30-33,36,48H,10-14,18,44H2,1-5H3,(H2,45,58)(H,46,50)(H,47,51)(H,49,65)(H,52,62)(H,53,59)(H,54,61)(H,55,64)(H,56,63)(H,57,60)(H,66,67). The fourth-order valence-corrected chi connectivity index (χ4v) is 6.91. The van der Waals surface area contributed by atoms with E-state index in [1.807, 2.05) is 18.2 Å². The molecule has 362 valence electrons. The van der Waals surface area contributed by atoms with E-state index in [9.17, 15) is 48.3 Å². The topological polar surface area (TPSA) is 383 Å². The van der Waals surface area contributed by atoms with Crippen LogP contribution in [-0.2, 0) is 62.4 Å². The first-order chi connectivity index (χ1) is 31.7. The van der Waals surface area contributed by atoms with Crippen molar-refractivity contribution < 1.29 is 48.3 Å². The van der Waals surface area contributed by atoms with Crippen LogP contribution in [0.1, 0.15) is 64.4 Å². The minimum Gasteiger partial charge on any atom is -0.480 e. The Balaban J connectivity index is 1.45. The first kappa shape index (κ1) is 52.0. The summed E-state index contributed by atoms with van der Waals surface area (Å²) < 4.78 is 0. The summed E-state index contributed by atoms with van der Waals surface area (Å²) in [5.74, 6) is -8.27. The van der Waals surface area contributed by atoms with Gasteiger partial charge in [-0.25, -0.2) is 14.8 Å². The minimum absolute atomic E-state index is 0.0624. The van der Waals surface area contributed by atoms with Crippen LogP contribution in [0.3, 0.4) is 0 Å². The number of para-hydroxylation sites is 1. The summed E-state index contributed by atoms with van der Waals surface area (Å²) in [6.45, 7) is 7.61. The van der Waals surface area contributed by atoms with Gasteiger partial charge in [0.2, 0.25) is 47.3 Å². The van der Waals surface area contributed by atoms with E-state index in [4.69, 9.17) is 11.5 Å². The van der Waals surface area contributed by atoms with Gasteiger partial charge in [-0.3, -0.25) is 38.4 Å². The number of nitrogens with two attached hydrogens (primary N) is 2. The lowest BCUT2D eigenvalue weighted by Gasteiger charge is -2.26. The number of nitrogens with one attached hydrogen (secondary N) is 10. The zero-order chi connectivity index (χ0) is 49.4. The van der Waals surface area contributed by atoms with E-state index in [0.717, 1.165) is 10.9 Å². The minimum atomic E-state index is -1.37. The van der Waals surface area contributed by atoms with Crippen LogP contribution in [0.2, 0.25) is 0 Å². The summed E-state index contributed by atoms with van der Waals surface area (Å²) in [6, 6.07) is -1.78. The lowest BCUT2D eigenvalue weighted by molar-refractivity contribution is -0.142. The van der Waals surface area contributed by atoms with Crippen molar-refractivity contribution in [3.63, 3.8) is 0 Å². The average Bonchev–Trinajstić information content (AvgIpc) is 4.07. The average molecular weight is 933 g/mol. The van der Waals surface area contributed by atoms with Crippen LogP contribution in [0.15, 0.2) is 55.5 Å². The molecule has 0 saturated carbocycles. The lowest BCUT2D eigenvalue weighted by atomic mass is 10.0. The predicted molar refractivity (Wildman–Crippen MR) is 241 cm³/mol. The monoisotopic (exact) mass is 932 g/mol. The van der Waals surface area contributed by atoms with Gasteiger partial charge in [-0.2, -0.15) is 0 Å².